The molecule has 0 radical (unpaired) electrons. The van der Waals surface area contributed by atoms with Crippen molar-refractivity contribution in [2.24, 2.45) is 5.73 Å². The molecule has 1 heterocycles. The van der Waals surface area contributed by atoms with Gasteiger partial charge in [0.05, 0.1) is 17.9 Å². The number of β-amino-alcohol motifs (C(OH)–C–C–N with tert-alkyl or cyclic N) is 1. The number of rotatable bonds is 4. The normalized spacial score (nSPS) is 19.8. The summed E-state index contributed by atoms with van der Waals surface area (Å²) in [6.45, 7) is 0.594. The smallest absolute Gasteiger partial charge is 0.239 e. The zero-order valence-corrected chi connectivity index (χ0v) is 9.40. The average Bonchev–Trinajstić information content (AvgIpc) is 2.06. The standard InChI is InChI=1S/C8H16N2O4S/c1-15(13,14)3-2-7(9)8(12)10-4-6(11)5-10/h6-7,11H,2-5,9H2,1H3. The quantitative estimate of drug-likeness (QED) is 0.585. The monoisotopic (exact) mass is 236 g/mol. The van der Waals surface area contributed by atoms with Crippen molar-refractivity contribution >= 4 is 15.7 Å². The zero-order valence-electron chi connectivity index (χ0n) is 8.59. The molecule has 1 fully saturated rings. The van der Waals surface area contributed by atoms with E-state index in [9.17, 15) is 13.2 Å². The zero-order chi connectivity index (χ0) is 11.6. The molecule has 0 aromatic rings. The lowest BCUT2D eigenvalue weighted by Gasteiger charge is -2.37. The van der Waals surface area contributed by atoms with E-state index in [1.165, 1.54) is 4.90 Å². The first-order valence-corrected chi connectivity index (χ1v) is 6.76. The van der Waals surface area contributed by atoms with E-state index in [2.05, 4.69) is 0 Å². The molecule has 15 heavy (non-hydrogen) atoms. The Kier molecular flexibility index (Phi) is 3.69. The highest BCUT2D eigenvalue weighted by atomic mass is 32.2. The number of nitrogens with zero attached hydrogens (tertiary/aromatic N) is 1. The van der Waals surface area contributed by atoms with Gasteiger partial charge in [0.2, 0.25) is 5.91 Å². The Labute approximate surface area is 89.0 Å². The van der Waals surface area contributed by atoms with Crippen LogP contribution in [0.4, 0.5) is 0 Å². The molecule has 7 heteroatoms. The number of aliphatic hydroxyl groups excluding tert-OH is 1. The summed E-state index contributed by atoms with van der Waals surface area (Å²) in [5.41, 5.74) is 5.54. The van der Waals surface area contributed by atoms with Crippen molar-refractivity contribution in [3.63, 3.8) is 0 Å². The fourth-order valence-electron chi connectivity index (χ4n) is 1.33. The van der Waals surface area contributed by atoms with E-state index in [1.54, 1.807) is 0 Å². The van der Waals surface area contributed by atoms with Crippen LogP contribution in [0.15, 0.2) is 0 Å². The van der Waals surface area contributed by atoms with Crippen molar-refractivity contribution < 1.29 is 18.3 Å². The van der Waals surface area contributed by atoms with Crippen LogP contribution in [0.5, 0.6) is 0 Å². The van der Waals surface area contributed by atoms with Crippen LogP contribution in [-0.4, -0.2) is 61.6 Å². The summed E-state index contributed by atoms with van der Waals surface area (Å²) in [5.74, 6) is -0.375. The van der Waals surface area contributed by atoms with E-state index in [4.69, 9.17) is 10.8 Å². The van der Waals surface area contributed by atoms with Crippen molar-refractivity contribution in [3.8, 4) is 0 Å². The Bertz CT molecular complexity index is 335. The first kappa shape index (κ1) is 12.4. The molecular weight excluding hydrogens is 220 g/mol. The predicted molar refractivity (Wildman–Crippen MR) is 54.9 cm³/mol. The minimum Gasteiger partial charge on any atom is -0.389 e. The van der Waals surface area contributed by atoms with Gasteiger partial charge in [-0.25, -0.2) is 8.42 Å². The maximum Gasteiger partial charge on any atom is 0.239 e. The first-order chi connectivity index (χ1) is 6.79. The maximum atomic E-state index is 11.5. The minimum atomic E-state index is -3.08. The van der Waals surface area contributed by atoms with Gasteiger partial charge in [-0.2, -0.15) is 0 Å². The van der Waals surface area contributed by atoms with Gasteiger partial charge in [-0.1, -0.05) is 0 Å². The number of hydrogen-bond acceptors (Lipinski definition) is 5. The number of carbonyl (C=O) groups is 1. The summed E-state index contributed by atoms with van der Waals surface area (Å²) < 4.78 is 21.7. The van der Waals surface area contributed by atoms with Crippen LogP contribution >= 0.6 is 0 Å². The van der Waals surface area contributed by atoms with Crippen molar-refractivity contribution in [1.82, 2.24) is 4.90 Å². The lowest BCUT2D eigenvalue weighted by molar-refractivity contribution is -0.142. The number of hydrogen-bond donors (Lipinski definition) is 2. The molecule has 3 N–H and O–H groups in total. The number of likely N-dealkylation sites (tertiary alicyclic amines) is 1. The molecule has 1 unspecified atom stereocenters. The van der Waals surface area contributed by atoms with Crippen LogP contribution in [-0.2, 0) is 14.6 Å². The number of amides is 1. The second-order valence-electron chi connectivity index (χ2n) is 3.92. The summed E-state index contributed by atoms with van der Waals surface area (Å²) in [4.78, 5) is 12.9. The van der Waals surface area contributed by atoms with Gasteiger partial charge >= 0.3 is 0 Å². The Balaban J connectivity index is 2.34. The molecule has 6 nitrogen and oxygen atoms in total. The van der Waals surface area contributed by atoms with Gasteiger partial charge in [0.25, 0.3) is 0 Å². The van der Waals surface area contributed by atoms with Crippen molar-refractivity contribution in [3.05, 3.63) is 0 Å². The Morgan fingerprint density at radius 3 is 2.53 bits per heavy atom. The highest BCUT2D eigenvalue weighted by Gasteiger charge is 2.31. The molecule has 0 spiro atoms. The molecule has 88 valence electrons. The van der Waals surface area contributed by atoms with E-state index in [-0.39, 0.29) is 18.1 Å². The largest absolute Gasteiger partial charge is 0.389 e. The molecule has 1 rings (SSSR count). The van der Waals surface area contributed by atoms with E-state index < -0.39 is 22.0 Å². The second-order valence-corrected chi connectivity index (χ2v) is 6.18. The molecule has 0 aromatic heterocycles. The third-order valence-corrected chi connectivity index (χ3v) is 3.27. The van der Waals surface area contributed by atoms with E-state index >= 15 is 0 Å². The van der Waals surface area contributed by atoms with Gasteiger partial charge in [0.15, 0.2) is 0 Å². The molecule has 0 saturated carbocycles. The van der Waals surface area contributed by atoms with Crippen LogP contribution < -0.4 is 5.73 Å². The molecule has 1 aliphatic rings. The average molecular weight is 236 g/mol. The number of nitrogens with two attached hydrogens (primary N) is 1. The molecule has 1 amide bonds. The minimum absolute atomic E-state index is 0.0870. The highest BCUT2D eigenvalue weighted by molar-refractivity contribution is 7.90. The summed E-state index contributed by atoms with van der Waals surface area (Å²) in [7, 11) is -3.08. The number of aliphatic hydroxyl groups is 1. The predicted octanol–water partition coefficient (Wildman–Crippen LogP) is -2.05. The summed E-state index contributed by atoms with van der Waals surface area (Å²) >= 11 is 0. The van der Waals surface area contributed by atoms with Gasteiger partial charge in [-0.3, -0.25) is 4.79 Å². The molecule has 1 atom stereocenters. The molecule has 0 aliphatic carbocycles. The lowest BCUT2D eigenvalue weighted by Crippen LogP contribution is -2.58. The molecule has 0 bridgehead atoms. The number of carbonyl (C=O) groups excluding carboxylic acids is 1. The van der Waals surface area contributed by atoms with Crippen molar-refractivity contribution in [2.45, 2.75) is 18.6 Å². The van der Waals surface area contributed by atoms with Crippen LogP contribution in [0.2, 0.25) is 0 Å². The molecule has 0 aromatic carbocycles. The van der Waals surface area contributed by atoms with E-state index in [1.807, 2.05) is 0 Å². The third-order valence-electron chi connectivity index (χ3n) is 2.29. The van der Waals surface area contributed by atoms with Gasteiger partial charge in [-0.15, -0.1) is 0 Å². The van der Waals surface area contributed by atoms with Crippen molar-refractivity contribution in [1.29, 1.82) is 0 Å². The van der Waals surface area contributed by atoms with Crippen LogP contribution in [0.1, 0.15) is 6.42 Å². The fraction of sp³-hybridized carbons (Fsp3) is 0.875. The maximum absolute atomic E-state index is 11.5. The molecular formula is C8H16N2O4S. The third kappa shape index (κ3) is 3.77. The van der Waals surface area contributed by atoms with E-state index in [0.29, 0.717) is 13.1 Å². The topological polar surface area (TPSA) is 101 Å². The first-order valence-electron chi connectivity index (χ1n) is 4.70. The fourth-order valence-corrected chi connectivity index (χ4v) is 2.02. The number of sulfone groups is 1. The highest BCUT2D eigenvalue weighted by Crippen LogP contribution is 2.09. The Hall–Kier alpha value is -0.660. The summed E-state index contributed by atoms with van der Waals surface area (Å²) in [6, 6.07) is -0.785. The van der Waals surface area contributed by atoms with Gasteiger partial charge in [-0.05, 0) is 6.42 Å². The van der Waals surface area contributed by atoms with Gasteiger partial charge < -0.3 is 15.7 Å². The van der Waals surface area contributed by atoms with Crippen LogP contribution in [0, 0.1) is 0 Å². The Morgan fingerprint density at radius 1 is 1.60 bits per heavy atom. The van der Waals surface area contributed by atoms with Crippen LogP contribution in [0.25, 0.3) is 0 Å². The Morgan fingerprint density at radius 2 is 2.13 bits per heavy atom. The summed E-state index contributed by atoms with van der Waals surface area (Å²) in [5, 5.41) is 8.98. The van der Waals surface area contributed by atoms with Gasteiger partial charge in [0, 0.05) is 19.3 Å². The van der Waals surface area contributed by atoms with Crippen LogP contribution in [0.3, 0.4) is 0 Å². The summed E-state index contributed by atoms with van der Waals surface area (Å²) in [6.07, 6.45) is 0.776. The van der Waals surface area contributed by atoms with E-state index in [0.717, 1.165) is 6.26 Å². The van der Waals surface area contributed by atoms with Crippen molar-refractivity contribution in [2.75, 3.05) is 25.1 Å². The lowest BCUT2D eigenvalue weighted by atomic mass is 10.1. The SMILES string of the molecule is CS(=O)(=O)CCC(N)C(=O)N1CC(O)C1. The molecule has 1 aliphatic heterocycles. The van der Waals surface area contributed by atoms with Gasteiger partial charge in [0.1, 0.15) is 9.84 Å². The second kappa shape index (κ2) is 4.46. The molecule has 1 saturated heterocycles.